The highest BCUT2D eigenvalue weighted by Crippen LogP contribution is 2.48. The average molecular weight is 313 g/mol. The zero-order valence-electron chi connectivity index (χ0n) is 13.3. The van der Waals surface area contributed by atoms with Crippen LogP contribution < -0.4 is 4.74 Å². The predicted octanol–water partition coefficient (Wildman–Crippen LogP) is 3.16. The van der Waals surface area contributed by atoms with Gasteiger partial charge in [-0.25, -0.2) is 4.79 Å². The molecule has 1 aliphatic carbocycles. The van der Waals surface area contributed by atoms with Crippen LogP contribution in [0.1, 0.15) is 36.5 Å². The summed E-state index contributed by atoms with van der Waals surface area (Å²) in [5.74, 6) is 0.0489. The third-order valence-corrected chi connectivity index (χ3v) is 4.21. The lowest BCUT2D eigenvalue weighted by molar-refractivity contribution is -0.122. The Labute approximate surface area is 134 Å². The van der Waals surface area contributed by atoms with Crippen molar-refractivity contribution in [3.8, 4) is 5.75 Å². The third kappa shape index (κ3) is 3.50. The van der Waals surface area contributed by atoms with Gasteiger partial charge in [0.25, 0.3) is 0 Å². The van der Waals surface area contributed by atoms with Gasteiger partial charge in [0.2, 0.25) is 0 Å². The SMILES string of the molecule is COC(=O)c1cc(OCC(=O)CC2(C)CC2)c2ncccc2c1. The van der Waals surface area contributed by atoms with Gasteiger partial charge in [0, 0.05) is 18.0 Å². The highest BCUT2D eigenvalue weighted by molar-refractivity contribution is 5.97. The number of pyridine rings is 1. The lowest BCUT2D eigenvalue weighted by Gasteiger charge is -2.11. The fourth-order valence-corrected chi connectivity index (χ4v) is 2.58. The zero-order chi connectivity index (χ0) is 16.4. The van der Waals surface area contributed by atoms with E-state index < -0.39 is 5.97 Å². The van der Waals surface area contributed by atoms with Gasteiger partial charge in [0.15, 0.2) is 5.78 Å². The number of nitrogens with zero attached hydrogens (tertiary/aromatic N) is 1. The predicted molar refractivity (Wildman–Crippen MR) is 85.5 cm³/mol. The minimum Gasteiger partial charge on any atom is -0.484 e. The van der Waals surface area contributed by atoms with E-state index in [4.69, 9.17) is 9.47 Å². The molecule has 0 unspecified atom stereocenters. The molecule has 1 fully saturated rings. The number of methoxy groups -OCH3 is 1. The number of ether oxygens (including phenoxy) is 2. The first-order valence-electron chi connectivity index (χ1n) is 7.62. The van der Waals surface area contributed by atoms with Crippen molar-refractivity contribution in [2.24, 2.45) is 5.41 Å². The highest BCUT2D eigenvalue weighted by Gasteiger charge is 2.39. The number of aromatic nitrogens is 1. The van der Waals surface area contributed by atoms with Crippen LogP contribution in [0.3, 0.4) is 0 Å². The highest BCUT2D eigenvalue weighted by atomic mass is 16.5. The van der Waals surface area contributed by atoms with E-state index in [1.165, 1.54) is 7.11 Å². The van der Waals surface area contributed by atoms with Crippen molar-refractivity contribution in [3.05, 3.63) is 36.0 Å². The number of benzene rings is 1. The van der Waals surface area contributed by atoms with Gasteiger partial charge in [-0.1, -0.05) is 13.0 Å². The summed E-state index contributed by atoms with van der Waals surface area (Å²) in [4.78, 5) is 28.1. The molecule has 0 aliphatic heterocycles. The van der Waals surface area contributed by atoms with Crippen molar-refractivity contribution in [2.45, 2.75) is 26.2 Å². The molecular formula is C18H19NO4. The molecule has 0 N–H and O–H groups in total. The van der Waals surface area contributed by atoms with Crippen LogP contribution in [0.15, 0.2) is 30.5 Å². The van der Waals surface area contributed by atoms with E-state index in [1.807, 2.05) is 6.07 Å². The van der Waals surface area contributed by atoms with Gasteiger partial charge in [-0.05, 0) is 36.5 Å². The lowest BCUT2D eigenvalue weighted by Crippen LogP contribution is -2.15. The second-order valence-electron chi connectivity index (χ2n) is 6.36. The van der Waals surface area contributed by atoms with Crippen LogP contribution in [-0.4, -0.2) is 30.5 Å². The molecule has 1 aromatic heterocycles. The van der Waals surface area contributed by atoms with E-state index in [0.29, 0.717) is 23.3 Å². The maximum Gasteiger partial charge on any atom is 0.338 e. The summed E-state index contributed by atoms with van der Waals surface area (Å²) >= 11 is 0. The summed E-state index contributed by atoms with van der Waals surface area (Å²) in [6, 6.07) is 6.91. The molecular weight excluding hydrogens is 294 g/mol. The van der Waals surface area contributed by atoms with E-state index in [9.17, 15) is 9.59 Å². The largest absolute Gasteiger partial charge is 0.484 e. The molecule has 120 valence electrons. The van der Waals surface area contributed by atoms with Gasteiger partial charge in [-0.2, -0.15) is 0 Å². The Balaban J connectivity index is 1.83. The molecule has 1 aliphatic rings. The van der Waals surface area contributed by atoms with E-state index in [1.54, 1.807) is 24.4 Å². The van der Waals surface area contributed by atoms with Crippen molar-refractivity contribution in [3.63, 3.8) is 0 Å². The molecule has 3 rings (SSSR count). The molecule has 0 spiro atoms. The number of hydrogen-bond donors (Lipinski definition) is 0. The van der Waals surface area contributed by atoms with Crippen LogP contribution in [0.2, 0.25) is 0 Å². The van der Waals surface area contributed by atoms with Gasteiger partial charge in [-0.3, -0.25) is 9.78 Å². The Morgan fingerprint density at radius 1 is 1.30 bits per heavy atom. The summed E-state index contributed by atoms with van der Waals surface area (Å²) < 4.78 is 10.4. The Kier molecular flexibility index (Phi) is 4.03. The van der Waals surface area contributed by atoms with Crippen LogP contribution in [0.4, 0.5) is 0 Å². The zero-order valence-corrected chi connectivity index (χ0v) is 13.3. The third-order valence-electron chi connectivity index (χ3n) is 4.21. The smallest absolute Gasteiger partial charge is 0.338 e. The summed E-state index contributed by atoms with van der Waals surface area (Å²) in [5, 5.41) is 0.770. The summed E-state index contributed by atoms with van der Waals surface area (Å²) in [7, 11) is 1.33. The lowest BCUT2D eigenvalue weighted by atomic mass is 10.0. The monoisotopic (exact) mass is 313 g/mol. The molecule has 1 heterocycles. The van der Waals surface area contributed by atoms with Gasteiger partial charge in [0.1, 0.15) is 17.9 Å². The Morgan fingerprint density at radius 2 is 2.09 bits per heavy atom. The molecule has 2 aromatic rings. The van der Waals surface area contributed by atoms with Crippen LogP contribution >= 0.6 is 0 Å². The fourth-order valence-electron chi connectivity index (χ4n) is 2.58. The Hall–Kier alpha value is -2.43. The number of Topliss-reactive ketones (excluding diaryl/α,β-unsaturated/α-hetero) is 1. The minimum atomic E-state index is -0.447. The summed E-state index contributed by atoms with van der Waals surface area (Å²) in [6.45, 7) is 2.10. The van der Waals surface area contributed by atoms with Gasteiger partial charge in [0.05, 0.1) is 12.7 Å². The number of carbonyl (C=O) groups is 2. The van der Waals surface area contributed by atoms with Gasteiger partial charge < -0.3 is 9.47 Å². The summed E-state index contributed by atoms with van der Waals surface area (Å²) in [5.41, 5.74) is 1.17. The minimum absolute atomic E-state index is 0.00805. The first kappa shape index (κ1) is 15.5. The van der Waals surface area contributed by atoms with Crippen LogP contribution in [0.5, 0.6) is 5.75 Å². The van der Waals surface area contributed by atoms with Crippen LogP contribution in [-0.2, 0) is 9.53 Å². The van der Waals surface area contributed by atoms with E-state index in [0.717, 1.165) is 18.2 Å². The maximum absolute atomic E-state index is 12.0. The number of esters is 1. The number of rotatable bonds is 6. The van der Waals surface area contributed by atoms with Crippen molar-refractivity contribution in [1.82, 2.24) is 4.98 Å². The van der Waals surface area contributed by atoms with Crippen molar-refractivity contribution in [2.75, 3.05) is 13.7 Å². The van der Waals surface area contributed by atoms with Crippen molar-refractivity contribution >= 4 is 22.7 Å². The standard InChI is InChI=1S/C18H19NO4/c1-18(5-6-18)10-14(20)11-23-15-9-13(17(21)22-2)8-12-4-3-7-19-16(12)15/h3-4,7-9H,5-6,10-11H2,1-2H3. The Bertz CT molecular complexity index is 765. The van der Waals surface area contributed by atoms with Gasteiger partial charge in [-0.15, -0.1) is 0 Å². The maximum atomic E-state index is 12.0. The average Bonchev–Trinajstić information content (AvgIpc) is 3.28. The van der Waals surface area contributed by atoms with E-state index in [-0.39, 0.29) is 17.8 Å². The summed E-state index contributed by atoms with van der Waals surface area (Å²) in [6.07, 6.45) is 4.39. The molecule has 5 heteroatoms. The number of carbonyl (C=O) groups excluding carboxylic acids is 2. The number of ketones is 1. The number of hydrogen-bond acceptors (Lipinski definition) is 5. The molecule has 1 aromatic carbocycles. The molecule has 23 heavy (non-hydrogen) atoms. The second-order valence-corrected chi connectivity index (χ2v) is 6.36. The Morgan fingerprint density at radius 3 is 2.78 bits per heavy atom. The quantitative estimate of drug-likeness (QED) is 0.766. The van der Waals surface area contributed by atoms with Gasteiger partial charge >= 0.3 is 5.97 Å². The molecule has 1 saturated carbocycles. The molecule has 0 amide bonds. The van der Waals surface area contributed by atoms with Crippen molar-refractivity contribution < 1.29 is 19.1 Å². The second kappa shape index (κ2) is 5.99. The normalized spacial score (nSPS) is 15.2. The topological polar surface area (TPSA) is 65.5 Å². The molecule has 0 bridgehead atoms. The van der Waals surface area contributed by atoms with Crippen molar-refractivity contribution in [1.29, 1.82) is 0 Å². The van der Waals surface area contributed by atoms with Crippen LogP contribution in [0, 0.1) is 5.41 Å². The number of fused-ring (bicyclic) bond motifs is 1. The first-order chi connectivity index (χ1) is 11.0. The molecule has 5 nitrogen and oxygen atoms in total. The molecule has 0 atom stereocenters. The molecule has 0 saturated heterocycles. The first-order valence-corrected chi connectivity index (χ1v) is 7.62. The fraction of sp³-hybridized carbons (Fsp3) is 0.389. The van der Waals surface area contributed by atoms with E-state index in [2.05, 4.69) is 11.9 Å². The van der Waals surface area contributed by atoms with E-state index >= 15 is 0 Å². The molecule has 0 radical (unpaired) electrons. The van der Waals surface area contributed by atoms with Crippen LogP contribution in [0.25, 0.3) is 10.9 Å².